The number of aliphatic imine (C=N–C) groups is 1. The van der Waals surface area contributed by atoms with Gasteiger partial charge < -0.3 is 4.74 Å². The number of carbonyl (C=O) groups is 1. The molecule has 0 spiro atoms. The molecule has 2 aromatic rings. The number of hydrogen-bond acceptors (Lipinski definition) is 4. The fourth-order valence-corrected chi connectivity index (χ4v) is 5.49. The van der Waals surface area contributed by atoms with Gasteiger partial charge in [-0.05, 0) is 12.0 Å². The third-order valence-electron chi connectivity index (χ3n) is 5.50. The Bertz CT molecular complexity index is 870. The van der Waals surface area contributed by atoms with E-state index in [1.807, 2.05) is 36.4 Å². The summed E-state index contributed by atoms with van der Waals surface area (Å²) in [6.45, 7) is 3.15. The summed E-state index contributed by atoms with van der Waals surface area (Å²) in [7, 11) is 0. The highest BCUT2D eigenvalue weighted by Crippen LogP contribution is 2.48. The molecule has 0 saturated carbocycles. The second-order valence-corrected chi connectivity index (χ2v) is 8.38. The third-order valence-corrected chi connectivity index (χ3v) is 6.60. The van der Waals surface area contributed by atoms with Gasteiger partial charge in [0.15, 0.2) is 5.78 Å². The molecule has 2 aromatic carbocycles. The van der Waals surface area contributed by atoms with Crippen molar-refractivity contribution in [3.8, 4) is 0 Å². The van der Waals surface area contributed by atoms with Crippen LogP contribution in [0.3, 0.4) is 0 Å². The lowest BCUT2D eigenvalue weighted by Gasteiger charge is -2.47. The van der Waals surface area contributed by atoms with Crippen LogP contribution in [0.25, 0.3) is 0 Å². The summed E-state index contributed by atoms with van der Waals surface area (Å²) in [5.41, 5.74) is 0.503. The van der Waals surface area contributed by atoms with E-state index in [4.69, 9.17) is 9.73 Å². The lowest BCUT2D eigenvalue weighted by atomic mass is 9.72. The lowest BCUT2D eigenvalue weighted by Crippen LogP contribution is -2.51. The molecule has 0 N–H and O–H groups in total. The van der Waals surface area contributed by atoms with Crippen LogP contribution in [-0.4, -0.2) is 29.8 Å². The molecule has 1 saturated heterocycles. The average Bonchev–Trinajstić information content (AvgIpc) is 2.69. The number of fused-ring (bicyclic) bond motifs is 1. The normalized spacial score (nSPS) is 27.6. The maximum absolute atomic E-state index is 14.7. The molecule has 0 bridgehead atoms. The Labute approximate surface area is 163 Å². The zero-order valence-corrected chi connectivity index (χ0v) is 16.0. The minimum atomic E-state index is -0.749. The predicted molar refractivity (Wildman–Crippen MR) is 107 cm³/mol. The Morgan fingerprint density at radius 1 is 1.22 bits per heavy atom. The first kappa shape index (κ1) is 18.4. The van der Waals surface area contributed by atoms with Crippen molar-refractivity contribution >= 4 is 22.6 Å². The van der Waals surface area contributed by atoms with Gasteiger partial charge in [-0.2, -0.15) is 0 Å². The number of carbonyl (C=O) groups excluding carboxylic acids is 1. The summed E-state index contributed by atoms with van der Waals surface area (Å²) in [5.74, 6) is 1.06. The van der Waals surface area contributed by atoms with Gasteiger partial charge in [0, 0.05) is 29.4 Å². The van der Waals surface area contributed by atoms with Crippen molar-refractivity contribution in [2.45, 2.75) is 18.9 Å². The summed E-state index contributed by atoms with van der Waals surface area (Å²) in [6.07, 6.45) is 0.242. The molecule has 5 heteroatoms. The molecular weight excluding hydrogens is 361 g/mol. The quantitative estimate of drug-likeness (QED) is 0.717. The minimum absolute atomic E-state index is 0.0359. The van der Waals surface area contributed by atoms with Gasteiger partial charge in [-0.25, -0.2) is 4.39 Å². The standard InChI is InChI=1S/C22H22FNO2S/c1-15-12-26-14-22(17-9-5-6-10-19(17)23)18(15)13-27-21(24-22)11-20(25)16-7-3-2-4-8-16/h2-10,15,18H,11-14H2,1H3/t15?,18-,22-/m1/s1. The molecule has 140 valence electrons. The number of nitrogens with zero attached hydrogens (tertiary/aromatic N) is 1. The molecule has 3 atom stereocenters. The van der Waals surface area contributed by atoms with Crippen LogP contribution in [0.5, 0.6) is 0 Å². The van der Waals surface area contributed by atoms with Crippen LogP contribution in [-0.2, 0) is 10.3 Å². The van der Waals surface area contributed by atoms with Gasteiger partial charge in [-0.15, -0.1) is 11.8 Å². The van der Waals surface area contributed by atoms with Crippen LogP contribution >= 0.6 is 11.8 Å². The fraction of sp³-hybridized carbons (Fsp3) is 0.364. The van der Waals surface area contributed by atoms with Crippen molar-refractivity contribution < 1.29 is 13.9 Å². The van der Waals surface area contributed by atoms with Crippen LogP contribution < -0.4 is 0 Å². The molecule has 2 aliphatic rings. The van der Waals surface area contributed by atoms with Gasteiger partial charge >= 0.3 is 0 Å². The number of halogens is 1. The Balaban J connectivity index is 1.71. The third kappa shape index (κ3) is 3.46. The summed E-state index contributed by atoms with van der Waals surface area (Å²) >= 11 is 1.63. The second-order valence-electron chi connectivity index (χ2n) is 7.29. The topological polar surface area (TPSA) is 38.7 Å². The van der Waals surface area contributed by atoms with Crippen LogP contribution in [0, 0.1) is 17.7 Å². The molecule has 2 aliphatic heterocycles. The van der Waals surface area contributed by atoms with Crippen LogP contribution in [0.2, 0.25) is 0 Å². The lowest BCUT2D eigenvalue weighted by molar-refractivity contribution is -0.0340. The van der Waals surface area contributed by atoms with E-state index in [1.165, 1.54) is 6.07 Å². The minimum Gasteiger partial charge on any atom is -0.378 e. The van der Waals surface area contributed by atoms with Crippen molar-refractivity contribution in [3.05, 3.63) is 71.5 Å². The summed E-state index contributed by atoms with van der Waals surface area (Å²) < 4.78 is 20.6. The van der Waals surface area contributed by atoms with Gasteiger partial charge in [-0.3, -0.25) is 9.79 Å². The smallest absolute Gasteiger partial charge is 0.169 e. The number of thioether (sulfide) groups is 1. The SMILES string of the molecule is CC1COC[C@]2(c3ccccc3F)N=C(CC(=O)c3ccccc3)SC[C@H]12. The Morgan fingerprint density at radius 2 is 1.96 bits per heavy atom. The van der Waals surface area contributed by atoms with Crippen molar-refractivity contribution in [1.29, 1.82) is 0 Å². The number of rotatable bonds is 4. The molecule has 0 aromatic heterocycles. The molecule has 0 radical (unpaired) electrons. The number of ether oxygens (including phenoxy) is 1. The maximum Gasteiger partial charge on any atom is 0.169 e. The summed E-state index contributed by atoms with van der Waals surface area (Å²) in [6, 6.07) is 16.1. The van der Waals surface area contributed by atoms with Crippen molar-refractivity contribution in [2.75, 3.05) is 19.0 Å². The Morgan fingerprint density at radius 3 is 2.74 bits per heavy atom. The first-order valence-electron chi connectivity index (χ1n) is 9.23. The monoisotopic (exact) mass is 383 g/mol. The van der Waals surface area contributed by atoms with E-state index in [0.29, 0.717) is 24.3 Å². The van der Waals surface area contributed by atoms with E-state index in [2.05, 4.69) is 6.92 Å². The van der Waals surface area contributed by atoms with Gasteiger partial charge in [0.25, 0.3) is 0 Å². The number of ketones is 1. The zero-order valence-electron chi connectivity index (χ0n) is 15.2. The molecule has 1 unspecified atom stereocenters. The first-order chi connectivity index (χ1) is 13.1. The summed E-state index contributed by atoms with van der Waals surface area (Å²) in [5, 5.41) is 0.765. The Kier molecular flexibility index (Phi) is 5.15. The number of benzene rings is 2. The van der Waals surface area contributed by atoms with E-state index in [9.17, 15) is 9.18 Å². The highest BCUT2D eigenvalue weighted by molar-refractivity contribution is 8.14. The highest BCUT2D eigenvalue weighted by atomic mass is 32.2. The maximum atomic E-state index is 14.7. The van der Waals surface area contributed by atoms with Crippen molar-refractivity contribution in [2.24, 2.45) is 16.8 Å². The molecule has 0 amide bonds. The van der Waals surface area contributed by atoms with Crippen molar-refractivity contribution in [1.82, 2.24) is 0 Å². The molecule has 2 heterocycles. The Hall–Kier alpha value is -1.98. The van der Waals surface area contributed by atoms with E-state index < -0.39 is 5.54 Å². The second kappa shape index (κ2) is 7.56. The van der Waals surface area contributed by atoms with Crippen LogP contribution in [0.4, 0.5) is 4.39 Å². The summed E-state index contributed by atoms with van der Waals surface area (Å²) in [4.78, 5) is 17.6. The highest BCUT2D eigenvalue weighted by Gasteiger charge is 2.50. The molecule has 0 aliphatic carbocycles. The molecule has 3 nitrogen and oxygen atoms in total. The molecule has 27 heavy (non-hydrogen) atoms. The van der Waals surface area contributed by atoms with E-state index in [0.717, 1.165) is 10.8 Å². The van der Waals surface area contributed by atoms with Gasteiger partial charge in [0.1, 0.15) is 11.4 Å². The first-order valence-corrected chi connectivity index (χ1v) is 10.2. The van der Waals surface area contributed by atoms with Gasteiger partial charge in [0.2, 0.25) is 0 Å². The van der Waals surface area contributed by atoms with Gasteiger partial charge in [-0.1, -0.05) is 55.5 Å². The van der Waals surface area contributed by atoms with E-state index in [-0.39, 0.29) is 29.9 Å². The van der Waals surface area contributed by atoms with Crippen LogP contribution in [0.15, 0.2) is 59.6 Å². The van der Waals surface area contributed by atoms with Gasteiger partial charge in [0.05, 0.1) is 18.1 Å². The average molecular weight is 383 g/mol. The fourth-order valence-electron chi connectivity index (χ4n) is 4.06. The molecule has 1 fully saturated rings. The van der Waals surface area contributed by atoms with E-state index >= 15 is 0 Å². The molecular formula is C22H22FNO2S. The van der Waals surface area contributed by atoms with Crippen molar-refractivity contribution in [3.63, 3.8) is 0 Å². The zero-order chi connectivity index (χ0) is 18.9. The van der Waals surface area contributed by atoms with Crippen LogP contribution in [0.1, 0.15) is 29.3 Å². The number of hydrogen-bond donors (Lipinski definition) is 0. The number of Topliss-reactive ketones (excluding diaryl/α,β-unsaturated/α-hetero) is 1. The van der Waals surface area contributed by atoms with E-state index in [1.54, 1.807) is 23.9 Å². The largest absolute Gasteiger partial charge is 0.378 e. The predicted octanol–water partition coefficient (Wildman–Crippen LogP) is 4.72. The molecule has 4 rings (SSSR count).